The molecule has 0 aliphatic carbocycles. The Morgan fingerprint density at radius 3 is 2.75 bits per heavy atom. The molecule has 0 saturated heterocycles. The Balaban J connectivity index is 2.18. The summed E-state index contributed by atoms with van der Waals surface area (Å²) < 4.78 is 10.7. The van der Waals surface area contributed by atoms with Crippen molar-refractivity contribution in [3.63, 3.8) is 0 Å². The van der Waals surface area contributed by atoms with Gasteiger partial charge in [-0.15, -0.1) is 0 Å². The molecule has 2 aromatic rings. The van der Waals surface area contributed by atoms with E-state index in [4.69, 9.17) is 37.6 Å². The number of unbranched alkanes of at least 4 members (excludes halogenated alkanes) is 1. The molecule has 0 radical (unpaired) electrons. The zero-order valence-corrected chi connectivity index (χ0v) is 14.5. The Bertz CT molecular complexity index is 803. The number of rotatable bonds is 6. The lowest BCUT2D eigenvalue weighted by Crippen LogP contribution is -2.07. The van der Waals surface area contributed by atoms with Crippen molar-refractivity contribution in [2.75, 3.05) is 6.61 Å². The van der Waals surface area contributed by atoms with Crippen LogP contribution in [0.2, 0.25) is 10.0 Å². The lowest BCUT2D eigenvalue weighted by Gasteiger charge is -2.02. The molecule has 124 valence electrons. The first-order valence-corrected chi connectivity index (χ1v) is 8.15. The molecule has 1 aromatic carbocycles. The van der Waals surface area contributed by atoms with Gasteiger partial charge in [-0.1, -0.05) is 36.5 Å². The van der Waals surface area contributed by atoms with E-state index in [9.17, 15) is 4.79 Å². The normalized spacial score (nSPS) is 11.2. The van der Waals surface area contributed by atoms with Crippen molar-refractivity contribution < 1.29 is 13.9 Å². The fourth-order valence-corrected chi connectivity index (χ4v) is 2.20. The van der Waals surface area contributed by atoms with E-state index in [1.807, 2.05) is 13.0 Å². The highest BCUT2D eigenvalue weighted by Crippen LogP contribution is 2.30. The average Bonchev–Trinajstić information content (AvgIpc) is 3.04. The summed E-state index contributed by atoms with van der Waals surface area (Å²) in [6.45, 7) is 2.28. The fourth-order valence-electron chi connectivity index (χ4n) is 1.90. The van der Waals surface area contributed by atoms with Gasteiger partial charge in [-0.2, -0.15) is 5.26 Å². The molecule has 0 saturated carbocycles. The van der Waals surface area contributed by atoms with E-state index in [2.05, 4.69) is 0 Å². The number of hydrogen-bond donors (Lipinski definition) is 0. The quantitative estimate of drug-likeness (QED) is 0.294. The Labute approximate surface area is 150 Å². The lowest BCUT2D eigenvalue weighted by molar-refractivity contribution is -0.138. The van der Waals surface area contributed by atoms with Gasteiger partial charge in [0.15, 0.2) is 0 Å². The number of furan rings is 1. The van der Waals surface area contributed by atoms with Crippen LogP contribution in [-0.4, -0.2) is 12.6 Å². The third kappa shape index (κ3) is 4.64. The van der Waals surface area contributed by atoms with E-state index in [-0.39, 0.29) is 5.57 Å². The molecule has 1 heterocycles. The van der Waals surface area contributed by atoms with Gasteiger partial charge < -0.3 is 9.15 Å². The van der Waals surface area contributed by atoms with Gasteiger partial charge in [-0.3, -0.25) is 0 Å². The van der Waals surface area contributed by atoms with Gasteiger partial charge in [-0.25, -0.2) is 4.79 Å². The van der Waals surface area contributed by atoms with Gasteiger partial charge in [0.05, 0.1) is 16.7 Å². The standard InChI is InChI=1S/C18H15Cl2NO3/c1-2-3-8-23-18(22)13(11-21)9-14-5-7-17(24-14)12-4-6-15(19)16(20)10-12/h4-7,9-10H,2-3,8H2,1H3. The topological polar surface area (TPSA) is 63.2 Å². The molecule has 0 aliphatic heterocycles. The molecule has 0 unspecified atom stereocenters. The average molecular weight is 364 g/mol. The van der Waals surface area contributed by atoms with Gasteiger partial charge in [0, 0.05) is 11.6 Å². The smallest absolute Gasteiger partial charge is 0.349 e. The highest BCUT2D eigenvalue weighted by molar-refractivity contribution is 6.42. The largest absolute Gasteiger partial charge is 0.462 e. The Morgan fingerprint density at radius 2 is 2.08 bits per heavy atom. The first-order valence-electron chi connectivity index (χ1n) is 7.39. The van der Waals surface area contributed by atoms with E-state index < -0.39 is 5.97 Å². The third-order valence-electron chi connectivity index (χ3n) is 3.19. The van der Waals surface area contributed by atoms with Crippen LogP contribution >= 0.6 is 23.2 Å². The molecule has 0 aliphatic rings. The Hall–Kier alpha value is -2.22. The van der Waals surface area contributed by atoms with Gasteiger partial charge >= 0.3 is 5.97 Å². The first kappa shape index (κ1) is 18.1. The zero-order chi connectivity index (χ0) is 17.5. The van der Waals surface area contributed by atoms with E-state index in [1.165, 1.54) is 6.08 Å². The SMILES string of the molecule is CCCCOC(=O)C(C#N)=Cc1ccc(-c2ccc(Cl)c(Cl)c2)o1. The maximum atomic E-state index is 11.8. The van der Waals surface area contributed by atoms with Crippen molar-refractivity contribution in [2.45, 2.75) is 19.8 Å². The number of hydrogen-bond acceptors (Lipinski definition) is 4. The van der Waals surface area contributed by atoms with Gasteiger partial charge in [-0.05, 0) is 36.8 Å². The summed E-state index contributed by atoms with van der Waals surface area (Å²) in [5.41, 5.74) is 0.634. The van der Waals surface area contributed by atoms with E-state index in [0.717, 1.165) is 18.4 Å². The molecule has 0 atom stereocenters. The molecule has 0 fully saturated rings. The molecule has 0 spiro atoms. The number of benzene rings is 1. The molecule has 1 aromatic heterocycles. The number of nitriles is 1. The van der Waals surface area contributed by atoms with E-state index >= 15 is 0 Å². The Morgan fingerprint density at radius 1 is 1.29 bits per heavy atom. The molecule has 24 heavy (non-hydrogen) atoms. The molecule has 6 heteroatoms. The maximum Gasteiger partial charge on any atom is 0.349 e. The predicted molar refractivity (Wildman–Crippen MR) is 93.6 cm³/mol. The number of carbonyl (C=O) groups excluding carboxylic acids is 1. The van der Waals surface area contributed by atoms with Gasteiger partial charge in [0.1, 0.15) is 23.2 Å². The Kier molecular flexibility index (Phi) is 6.48. The van der Waals surface area contributed by atoms with Crippen LogP contribution in [0.15, 0.2) is 40.3 Å². The van der Waals surface area contributed by atoms with Crippen LogP contribution in [0.4, 0.5) is 0 Å². The minimum Gasteiger partial charge on any atom is -0.462 e. The lowest BCUT2D eigenvalue weighted by atomic mass is 10.2. The zero-order valence-electron chi connectivity index (χ0n) is 13.0. The van der Waals surface area contributed by atoms with Crippen LogP contribution in [0.3, 0.4) is 0 Å². The summed E-state index contributed by atoms with van der Waals surface area (Å²) >= 11 is 11.9. The minimum absolute atomic E-state index is 0.110. The number of nitrogens with zero attached hydrogens (tertiary/aromatic N) is 1. The van der Waals surface area contributed by atoms with E-state index in [1.54, 1.807) is 30.3 Å². The molecular weight excluding hydrogens is 349 g/mol. The van der Waals surface area contributed by atoms with Crippen molar-refractivity contribution >= 4 is 35.2 Å². The number of esters is 1. The van der Waals surface area contributed by atoms with Crippen LogP contribution in [-0.2, 0) is 9.53 Å². The first-order chi connectivity index (χ1) is 11.5. The molecule has 0 bridgehead atoms. The highest BCUT2D eigenvalue weighted by Gasteiger charge is 2.12. The number of ether oxygens (including phenoxy) is 1. The summed E-state index contributed by atoms with van der Waals surface area (Å²) in [4.78, 5) is 11.8. The molecule has 2 rings (SSSR count). The van der Waals surface area contributed by atoms with Crippen LogP contribution in [0, 0.1) is 11.3 Å². The molecule has 0 N–H and O–H groups in total. The summed E-state index contributed by atoms with van der Waals surface area (Å²) in [6.07, 6.45) is 3.02. The van der Waals surface area contributed by atoms with Crippen LogP contribution in [0.25, 0.3) is 17.4 Å². The second kappa shape index (κ2) is 8.58. The second-order valence-corrected chi connectivity index (χ2v) is 5.80. The fraction of sp³-hybridized carbons (Fsp3) is 0.222. The molecular formula is C18H15Cl2NO3. The monoisotopic (exact) mass is 363 g/mol. The molecule has 0 amide bonds. The van der Waals surface area contributed by atoms with Crippen LogP contribution < -0.4 is 0 Å². The van der Waals surface area contributed by atoms with Crippen molar-refractivity contribution in [3.8, 4) is 17.4 Å². The number of halogens is 2. The van der Waals surface area contributed by atoms with Crippen LogP contribution in [0.1, 0.15) is 25.5 Å². The number of carbonyl (C=O) groups is 1. The maximum absolute atomic E-state index is 11.8. The van der Waals surface area contributed by atoms with Crippen molar-refractivity contribution in [1.82, 2.24) is 0 Å². The minimum atomic E-state index is -0.654. The van der Waals surface area contributed by atoms with Crippen molar-refractivity contribution in [2.24, 2.45) is 0 Å². The van der Waals surface area contributed by atoms with Gasteiger partial charge in [0.25, 0.3) is 0 Å². The summed E-state index contributed by atoms with van der Waals surface area (Å²) in [7, 11) is 0. The van der Waals surface area contributed by atoms with Crippen molar-refractivity contribution in [3.05, 3.63) is 51.7 Å². The summed E-state index contributed by atoms with van der Waals surface area (Å²) in [5, 5.41) is 9.98. The summed E-state index contributed by atoms with van der Waals surface area (Å²) in [6, 6.07) is 10.3. The molecule has 4 nitrogen and oxygen atoms in total. The predicted octanol–water partition coefficient (Wildman–Crippen LogP) is 5.50. The third-order valence-corrected chi connectivity index (χ3v) is 3.93. The van der Waals surface area contributed by atoms with Crippen molar-refractivity contribution in [1.29, 1.82) is 5.26 Å². The van der Waals surface area contributed by atoms with Gasteiger partial charge in [0.2, 0.25) is 0 Å². The van der Waals surface area contributed by atoms with E-state index in [0.29, 0.717) is 28.2 Å². The summed E-state index contributed by atoms with van der Waals surface area (Å²) in [5.74, 6) is 0.273. The highest BCUT2D eigenvalue weighted by atomic mass is 35.5. The van der Waals surface area contributed by atoms with Crippen LogP contribution in [0.5, 0.6) is 0 Å². The second-order valence-electron chi connectivity index (χ2n) is 4.99.